The van der Waals surface area contributed by atoms with Gasteiger partial charge in [0.05, 0.1) is 22.3 Å². The second-order valence-corrected chi connectivity index (χ2v) is 8.20. The fourth-order valence-corrected chi connectivity index (χ4v) is 4.24. The lowest BCUT2D eigenvalue weighted by atomic mass is 10.3. The number of nitrogens with one attached hydrogen (secondary N) is 1. The van der Waals surface area contributed by atoms with Crippen molar-refractivity contribution in [3.05, 3.63) is 60.7 Å². The topological polar surface area (TPSA) is 101 Å². The number of carbonyl (C=O) groups is 2. The van der Waals surface area contributed by atoms with Crippen molar-refractivity contribution in [3.8, 4) is 0 Å². The van der Waals surface area contributed by atoms with Crippen LogP contribution in [0.25, 0.3) is 5.52 Å². The van der Waals surface area contributed by atoms with Gasteiger partial charge in [0.2, 0.25) is 21.8 Å². The molecule has 0 radical (unpaired) electrons. The molecule has 144 valence electrons. The predicted molar refractivity (Wildman–Crippen MR) is 102 cm³/mol. The van der Waals surface area contributed by atoms with Crippen LogP contribution in [0.1, 0.15) is 18.7 Å². The van der Waals surface area contributed by atoms with Crippen LogP contribution in [0.5, 0.6) is 0 Å². The number of anilines is 1. The molecule has 28 heavy (non-hydrogen) atoms. The van der Waals surface area contributed by atoms with E-state index in [2.05, 4.69) is 9.71 Å². The van der Waals surface area contributed by atoms with Crippen LogP contribution in [-0.4, -0.2) is 36.2 Å². The maximum atomic E-state index is 12.5. The van der Waals surface area contributed by atoms with E-state index in [9.17, 15) is 18.0 Å². The van der Waals surface area contributed by atoms with E-state index in [1.807, 2.05) is 28.8 Å². The summed E-state index contributed by atoms with van der Waals surface area (Å²) in [5, 5.41) is 0. The van der Waals surface area contributed by atoms with E-state index in [1.165, 1.54) is 24.3 Å². The highest BCUT2D eigenvalue weighted by Crippen LogP contribution is 2.23. The zero-order valence-electron chi connectivity index (χ0n) is 14.9. The third-order valence-corrected chi connectivity index (χ3v) is 6.09. The first-order chi connectivity index (χ1) is 13.5. The number of amides is 2. The Bertz CT molecular complexity index is 1140. The molecular weight excluding hydrogens is 380 g/mol. The molecule has 2 aromatic heterocycles. The lowest BCUT2D eigenvalue weighted by molar-refractivity contribution is -0.121. The van der Waals surface area contributed by atoms with Crippen LogP contribution < -0.4 is 9.62 Å². The number of imidazole rings is 1. The number of nitrogens with zero attached hydrogens (tertiary/aromatic N) is 3. The zero-order valence-corrected chi connectivity index (χ0v) is 15.7. The van der Waals surface area contributed by atoms with Gasteiger partial charge < -0.3 is 4.40 Å². The number of carbonyl (C=O) groups excluding carboxylic acids is 2. The number of sulfonamides is 1. The number of pyridine rings is 1. The van der Waals surface area contributed by atoms with Crippen LogP contribution >= 0.6 is 0 Å². The monoisotopic (exact) mass is 398 g/mol. The minimum absolute atomic E-state index is 0.0725. The first-order valence-electron chi connectivity index (χ1n) is 8.82. The fourth-order valence-electron chi connectivity index (χ4n) is 3.20. The van der Waals surface area contributed by atoms with Crippen LogP contribution in [0.15, 0.2) is 59.8 Å². The van der Waals surface area contributed by atoms with Gasteiger partial charge >= 0.3 is 0 Å². The lowest BCUT2D eigenvalue weighted by Gasteiger charge is -2.14. The van der Waals surface area contributed by atoms with Crippen molar-refractivity contribution in [1.82, 2.24) is 14.1 Å². The Balaban J connectivity index is 1.43. The molecule has 1 aliphatic rings. The molecule has 4 rings (SSSR count). The molecule has 0 atom stereocenters. The van der Waals surface area contributed by atoms with Gasteiger partial charge in [-0.3, -0.25) is 14.5 Å². The van der Waals surface area contributed by atoms with E-state index in [0.717, 1.165) is 16.2 Å². The van der Waals surface area contributed by atoms with Crippen molar-refractivity contribution >= 4 is 33.0 Å². The van der Waals surface area contributed by atoms with E-state index < -0.39 is 10.0 Å². The summed E-state index contributed by atoms with van der Waals surface area (Å²) in [4.78, 5) is 29.0. The van der Waals surface area contributed by atoms with Crippen LogP contribution in [0.4, 0.5) is 5.69 Å². The Morgan fingerprint density at radius 3 is 2.43 bits per heavy atom. The van der Waals surface area contributed by atoms with Gasteiger partial charge in [-0.25, -0.2) is 18.1 Å². The van der Waals surface area contributed by atoms with Crippen LogP contribution in [0, 0.1) is 0 Å². The summed E-state index contributed by atoms with van der Waals surface area (Å²) in [6, 6.07) is 11.5. The molecule has 0 bridgehead atoms. The molecule has 1 aromatic carbocycles. The third kappa shape index (κ3) is 3.41. The number of aromatic nitrogens is 2. The summed E-state index contributed by atoms with van der Waals surface area (Å²) in [7, 11) is -3.71. The average molecular weight is 398 g/mol. The number of hydrogen-bond acceptors (Lipinski definition) is 5. The highest BCUT2D eigenvalue weighted by Gasteiger charge is 2.30. The summed E-state index contributed by atoms with van der Waals surface area (Å²) in [5.41, 5.74) is 1.33. The predicted octanol–water partition coefficient (Wildman–Crippen LogP) is 1.51. The maximum Gasteiger partial charge on any atom is 0.240 e. The quantitative estimate of drug-likeness (QED) is 0.635. The van der Waals surface area contributed by atoms with Gasteiger partial charge in [0.25, 0.3) is 0 Å². The largest absolute Gasteiger partial charge is 0.304 e. The van der Waals surface area contributed by atoms with Gasteiger partial charge in [-0.05, 0) is 36.4 Å². The molecular formula is C19H18N4O4S. The van der Waals surface area contributed by atoms with Crippen molar-refractivity contribution in [2.75, 3.05) is 11.4 Å². The minimum atomic E-state index is -3.71. The second kappa shape index (κ2) is 7.17. The Labute approximate surface area is 161 Å². The Hall–Kier alpha value is -3.04. The number of fused-ring (bicyclic) bond motifs is 1. The summed E-state index contributed by atoms with van der Waals surface area (Å²) in [6.45, 7) is 0.196. The summed E-state index contributed by atoms with van der Waals surface area (Å²) >= 11 is 0. The van der Waals surface area contributed by atoms with Gasteiger partial charge in [-0.2, -0.15) is 0 Å². The molecule has 1 N–H and O–H groups in total. The highest BCUT2D eigenvalue weighted by atomic mass is 32.2. The number of imide groups is 1. The van der Waals surface area contributed by atoms with Gasteiger partial charge in [0.15, 0.2) is 0 Å². The van der Waals surface area contributed by atoms with Gasteiger partial charge in [0, 0.05) is 32.0 Å². The fraction of sp³-hybridized carbons (Fsp3) is 0.211. The number of rotatable bonds is 6. The summed E-state index contributed by atoms with van der Waals surface area (Å²) in [6.07, 6.45) is 4.42. The van der Waals surface area contributed by atoms with Crippen LogP contribution in [-0.2, 0) is 26.0 Å². The van der Waals surface area contributed by atoms with Gasteiger partial charge in [0.1, 0.15) is 5.82 Å². The molecule has 0 unspecified atom stereocenters. The lowest BCUT2D eigenvalue weighted by Crippen LogP contribution is -2.29. The minimum Gasteiger partial charge on any atom is -0.304 e. The molecule has 0 spiro atoms. The van der Waals surface area contributed by atoms with Crippen LogP contribution in [0.3, 0.4) is 0 Å². The standard InChI is InChI=1S/C19H18N4O4S/c24-18-8-9-19(25)23(18)14-4-6-16(7-5-14)28(26,27)21-11-10-17-20-13-15-3-1-2-12-22(15)17/h1-7,12-13,21H,8-11H2. The number of hydrogen-bond donors (Lipinski definition) is 1. The molecule has 2 amide bonds. The molecule has 3 aromatic rings. The SMILES string of the molecule is O=C1CCC(=O)N1c1ccc(S(=O)(=O)NCCc2ncc3ccccn23)cc1. The Morgan fingerprint density at radius 2 is 1.71 bits per heavy atom. The van der Waals surface area contributed by atoms with E-state index in [0.29, 0.717) is 12.1 Å². The first-order valence-corrected chi connectivity index (χ1v) is 10.3. The molecule has 0 aliphatic carbocycles. The van der Waals surface area contributed by atoms with E-state index >= 15 is 0 Å². The molecule has 0 saturated carbocycles. The van der Waals surface area contributed by atoms with Crippen molar-refractivity contribution in [2.24, 2.45) is 0 Å². The first kappa shape index (κ1) is 18.3. The Morgan fingerprint density at radius 1 is 1.00 bits per heavy atom. The highest BCUT2D eigenvalue weighted by molar-refractivity contribution is 7.89. The van der Waals surface area contributed by atoms with E-state index in [4.69, 9.17) is 0 Å². The van der Waals surface area contributed by atoms with Crippen LogP contribution in [0.2, 0.25) is 0 Å². The van der Waals surface area contributed by atoms with Gasteiger partial charge in [-0.1, -0.05) is 6.07 Å². The normalized spacial score (nSPS) is 14.9. The molecule has 1 saturated heterocycles. The van der Waals surface area contributed by atoms with E-state index in [1.54, 1.807) is 6.20 Å². The molecule has 1 fully saturated rings. The average Bonchev–Trinajstić information content (AvgIpc) is 3.25. The smallest absolute Gasteiger partial charge is 0.240 e. The zero-order chi connectivity index (χ0) is 19.7. The van der Waals surface area contributed by atoms with Crippen molar-refractivity contribution in [3.63, 3.8) is 0 Å². The summed E-state index contributed by atoms with van der Waals surface area (Å²) in [5.74, 6) is 0.219. The Kier molecular flexibility index (Phi) is 4.70. The van der Waals surface area contributed by atoms with Crippen molar-refractivity contribution < 1.29 is 18.0 Å². The van der Waals surface area contributed by atoms with Gasteiger partial charge in [-0.15, -0.1) is 0 Å². The maximum absolute atomic E-state index is 12.5. The third-order valence-electron chi connectivity index (χ3n) is 4.61. The molecule has 1 aliphatic heterocycles. The summed E-state index contributed by atoms with van der Waals surface area (Å²) < 4.78 is 29.5. The molecule has 9 heteroatoms. The number of benzene rings is 1. The van der Waals surface area contributed by atoms with E-state index in [-0.39, 0.29) is 36.1 Å². The van der Waals surface area contributed by atoms with Crippen molar-refractivity contribution in [1.29, 1.82) is 0 Å². The molecule has 3 heterocycles. The second-order valence-electron chi connectivity index (χ2n) is 6.43. The van der Waals surface area contributed by atoms with Crippen molar-refractivity contribution in [2.45, 2.75) is 24.2 Å². The molecule has 8 nitrogen and oxygen atoms in total.